The molecule has 0 saturated carbocycles. The molecule has 2 unspecified atom stereocenters. The van der Waals surface area contributed by atoms with Crippen LogP contribution in [0.5, 0.6) is 0 Å². The second kappa shape index (κ2) is 17.8. The fourth-order valence-electron chi connectivity index (χ4n) is 8.00. The SMILES string of the molecule is COC(=O)Cn1c(=O)n(C)c(=O)c2c1nc(N1CCCC(N)C1)n2Cc1ccccc1.Cn1c(=O)c2c(nc(N3CCCC(N)C3)n2Cc2ccccc2)n(CC(=O)O)c1=O. The number of nitrogens with zero attached hydrogens (tertiary/aromatic N) is 10. The summed E-state index contributed by atoms with van der Waals surface area (Å²) in [4.78, 5) is 88.3. The molecule has 4 aromatic heterocycles. The van der Waals surface area contributed by atoms with Gasteiger partial charge in [0, 0.05) is 52.4 Å². The van der Waals surface area contributed by atoms with Gasteiger partial charge in [0.2, 0.25) is 11.9 Å². The lowest BCUT2D eigenvalue weighted by Gasteiger charge is -2.31. The van der Waals surface area contributed by atoms with Gasteiger partial charge in [-0.3, -0.25) is 46.6 Å². The largest absolute Gasteiger partial charge is 0.480 e. The van der Waals surface area contributed by atoms with E-state index in [1.807, 2.05) is 75.0 Å². The van der Waals surface area contributed by atoms with Crippen molar-refractivity contribution in [2.75, 3.05) is 43.1 Å². The molecule has 6 heterocycles. The number of carbonyl (C=O) groups excluding carboxylic acids is 1. The Morgan fingerprint density at radius 2 is 1.08 bits per heavy atom. The van der Waals surface area contributed by atoms with Crippen LogP contribution in [0.1, 0.15) is 36.8 Å². The highest BCUT2D eigenvalue weighted by Crippen LogP contribution is 2.26. The molecule has 61 heavy (non-hydrogen) atoms. The predicted molar refractivity (Wildman–Crippen MR) is 228 cm³/mol. The van der Waals surface area contributed by atoms with E-state index in [0.717, 1.165) is 63.6 Å². The van der Waals surface area contributed by atoms with E-state index >= 15 is 0 Å². The molecule has 6 aromatic rings. The van der Waals surface area contributed by atoms with Crippen LogP contribution in [0.2, 0.25) is 0 Å². The third-order valence-corrected chi connectivity index (χ3v) is 11.1. The van der Waals surface area contributed by atoms with E-state index in [9.17, 15) is 33.9 Å². The number of aromatic nitrogens is 8. The number of methoxy groups -OCH3 is 1. The van der Waals surface area contributed by atoms with Crippen LogP contribution < -0.4 is 43.8 Å². The lowest BCUT2D eigenvalue weighted by Crippen LogP contribution is -2.44. The van der Waals surface area contributed by atoms with Gasteiger partial charge in [0.25, 0.3) is 11.1 Å². The van der Waals surface area contributed by atoms with Gasteiger partial charge < -0.3 is 31.1 Å². The van der Waals surface area contributed by atoms with Gasteiger partial charge in [0.1, 0.15) is 13.1 Å². The first-order valence-corrected chi connectivity index (χ1v) is 20.0. The molecule has 5 N–H and O–H groups in total. The van der Waals surface area contributed by atoms with Gasteiger partial charge in [-0.1, -0.05) is 60.7 Å². The zero-order valence-electron chi connectivity index (χ0n) is 34.3. The highest BCUT2D eigenvalue weighted by atomic mass is 16.5. The van der Waals surface area contributed by atoms with Crippen LogP contribution in [0.15, 0.2) is 79.8 Å². The van der Waals surface area contributed by atoms with Crippen molar-refractivity contribution in [2.24, 2.45) is 25.6 Å². The Labute approximate surface area is 348 Å². The molecule has 8 rings (SSSR count). The van der Waals surface area contributed by atoms with Gasteiger partial charge >= 0.3 is 23.3 Å². The molecule has 0 amide bonds. The lowest BCUT2D eigenvalue weighted by molar-refractivity contribution is -0.141. The maximum Gasteiger partial charge on any atom is 0.333 e. The number of carboxylic acid groups (broad SMARTS) is 1. The van der Waals surface area contributed by atoms with Crippen molar-refractivity contribution in [3.05, 3.63) is 113 Å². The standard InChI is InChI=1S/C21H26N6O4.C20H24N6O4/c1-24-19(29)17-18(27(21(24)30)13-16(28)31-2)23-20(25-10-6-9-15(22)12-25)26(17)11-14-7-4-3-5-8-14;1-23-18(29)16-17(26(20(23)30)12-15(27)28)22-19(24-9-5-8-14(21)11-24)25(16)10-13-6-3-2-4-7-13/h3-5,7-8,15H,6,9-13,22H2,1-2H3;2-4,6-7,14H,5,8-12,21H2,1H3,(H,27,28). The van der Waals surface area contributed by atoms with E-state index in [1.54, 1.807) is 4.57 Å². The third kappa shape index (κ3) is 8.62. The number of piperidine rings is 2. The first-order chi connectivity index (χ1) is 29.3. The Bertz CT molecular complexity index is 2820. The van der Waals surface area contributed by atoms with Gasteiger partial charge in [-0.05, 0) is 36.8 Å². The summed E-state index contributed by atoms with van der Waals surface area (Å²) in [7, 11) is 3.99. The highest BCUT2D eigenvalue weighted by Gasteiger charge is 2.29. The Morgan fingerprint density at radius 3 is 1.46 bits per heavy atom. The molecule has 0 spiro atoms. The molecule has 2 atom stereocenters. The van der Waals surface area contributed by atoms with E-state index in [-0.39, 0.29) is 41.0 Å². The zero-order valence-corrected chi connectivity index (χ0v) is 34.3. The molecule has 2 saturated heterocycles. The monoisotopic (exact) mass is 838 g/mol. The maximum atomic E-state index is 13.2. The Morgan fingerprint density at radius 1 is 0.672 bits per heavy atom. The molecule has 20 heteroatoms. The number of benzene rings is 2. The van der Waals surface area contributed by atoms with Crippen molar-refractivity contribution < 1.29 is 19.4 Å². The number of fused-ring (bicyclic) bond motifs is 2. The Kier molecular flexibility index (Phi) is 12.4. The van der Waals surface area contributed by atoms with Crippen LogP contribution in [0.3, 0.4) is 0 Å². The van der Waals surface area contributed by atoms with Crippen molar-refractivity contribution >= 4 is 46.2 Å². The topological polar surface area (TPSA) is 246 Å². The van der Waals surface area contributed by atoms with E-state index < -0.39 is 41.0 Å². The van der Waals surface area contributed by atoms with Crippen molar-refractivity contribution in [1.82, 2.24) is 37.4 Å². The van der Waals surface area contributed by atoms with Crippen LogP contribution >= 0.6 is 0 Å². The number of carbonyl (C=O) groups is 2. The van der Waals surface area contributed by atoms with Gasteiger partial charge in [0.05, 0.1) is 20.2 Å². The Hall–Kier alpha value is -6.80. The predicted octanol–water partition coefficient (Wildman–Crippen LogP) is 0.00260. The van der Waals surface area contributed by atoms with Gasteiger partial charge in [-0.2, -0.15) is 9.97 Å². The number of hydrogen-bond donors (Lipinski definition) is 3. The van der Waals surface area contributed by atoms with Crippen LogP contribution in [0.25, 0.3) is 22.3 Å². The minimum Gasteiger partial charge on any atom is -0.480 e. The zero-order chi connectivity index (χ0) is 43.5. The van der Waals surface area contributed by atoms with Crippen LogP contribution in [-0.4, -0.2) is 99.8 Å². The minimum atomic E-state index is -1.18. The maximum absolute atomic E-state index is 13.2. The summed E-state index contributed by atoms with van der Waals surface area (Å²) in [6.45, 7) is 2.47. The normalized spacial score (nSPS) is 16.7. The Balaban J connectivity index is 0.000000184. The molecule has 2 aliphatic rings. The molecular weight excluding hydrogens is 789 g/mol. The number of carboxylic acids is 1. The highest BCUT2D eigenvalue weighted by molar-refractivity contribution is 5.78. The number of aliphatic carboxylic acids is 1. The number of ether oxygens (including phenoxy) is 1. The second-order valence-electron chi connectivity index (χ2n) is 15.4. The molecule has 322 valence electrons. The molecule has 2 aliphatic heterocycles. The summed E-state index contributed by atoms with van der Waals surface area (Å²) in [5.41, 5.74) is 12.7. The second-order valence-corrected chi connectivity index (χ2v) is 15.4. The molecule has 2 aromatic carbocycles. The molecule has 0 aliphatic carbocycles. The lowest BCUT2D eigenvalue weighted by atomic mass is 10.1. The average Bonchev–Trinajstić information content (AvgIpc) is 3.82. The summed E-state index contributed by atoms with van der Waals surface area (Å²) < 4.78 is 12.5. The van der Waals surface area contributed by atoms with Crippen molar-refractivity contribution in [3.8, 4) is 0 Å². The number of hydrogen-bond acceptors (Lipinski definition) is 13. The van der Waals surface area contributed by atoms with E-state index in [2.05, 4.69) is 4.98 Å². The van der Waals surface area contributed by atoms with Crippen molar-refractivity contribution in [3.63, 3.8) is 0 Å². The first kappa shape index (κ1) is 42.3. The van der Waals surface area contributed by atoms with Gasteiger partial charge in [-0.15, -0.1) is 0 Å². The molecular formula is C41H50N12O8. The van der Waals surface area contributed by atoms with Crippen molar-refractivity contribution in [2.45, 2.75) is 63.9 Å². The fourth-order valence-corrected chi connectivity index (χ4v) is 8.00. The average molecular weight is 839 g/mol. The van der Waals surface area contributed by atoms with E-state index in [1.165, 1.54) is 25.8 Å². The molecule has 0 radical (unpaired) electrons. The smallest absolute Gasteiger partial charge is 0.333 e. The molecule has 20 nitrogen and oxygen atoms in total. The fraction of sp³-hybridized carbons (Fsp3) is 0.415. The van der Waals surface area contributed by atoms with E-state index in [4.69, 9.17) is 21.2 Å². The number of anilines is 2. The van der Waals surface area contributed by atoms with Crippen LogP contribution in [0.4, 0.5) is 11.9 Å². The summed E-state index contributed by atoms with van der Waals surface area (Å²) in [6, 6.07) is 19.3. The van der Waals surface area contributed by atoms with Gasteiger partial charge in [-0.25, -0.2) is 9.59 Å². The number of imidazole rings is 2. The number of rotatable bonds is 10. The first-order valence-electron chi connectivity index (χ1n) is 20.0. The quantitative estimate of drug-likeness (QED) is 0.154. The summed E-state index contributed by atoms with van der Waals surface area (Å²) in [5.74, 6) is -0.696. The van der Waals surface area contributed by atoms with E-state index in [0.29, 0.717) is 38.1 Å². The summed E-state index contributed by atoms with van der Waals surface area (Å²) in [5, 5.41) is 9.30. The number of esters is 1. The van der Waals surface area contributed by atoms with Crippen LogP contribution in [-0.2, 0) is 54.6 Å². The van der Waals surface area contributed by atoms with Crippen molar-refractivity contribution in [1.29, 1.82) is 0 Å². The van der Waals surface area contributed by atoms with Gasteiger partial charge in [0.15, 0.2) is 22.3 Å². The minimum absolute atomic E-state index is 0.00108. The summed E-state index contributed by atoms with van der Waals surface area (Å²) >= 11 is 0. The number of nitrogens with two attached hydrogens (primary N) is 2. The molecule has 2 fully saturated rings. The molecule has 0 bridgehead atoms. The summed E-state index contributed by atoms with van der Waals surface area (Å²) in [6.07, 6.45) is 3.61. The van der Waals surface area contributed by atoms with Crippen LogP contribution in [0, 0.1) is 0 Å². The third-order valence-electron chi connectivity index (χ3n) is 11.1.